The molecule has 1 saturated heterocycles. The second kappa shape index (κ2) is 7.27. The van der Waals surface area contributed by atoms with Crippen LogP contribution < -0.4 is 9.64 Å². The molecule has 132 valence electrons. The van der Waals surface area contributed by atoms with E-state index in [1.165, 1.54) is 4.88 Å². The number of anilines is 1. The second-order valence-corrected chi connectivity index (χ2v) is 7.10. The van der Waals surface area contributed by atoms with E-state index in [4.69, 9.17) is 4.74 Å². The van der Waals surface area contributed by atoms with Crippen LogP contribution in [-0.4, -0.2) is 43.5 Å². The van der Waals surface area contributed by atoms with Gasteiger partial charge < -0.3 is 14.5 Å². The minimum Gasteiger partial charge on any atom is -0.497 e. The standard InChI is InChI=1S/C19H22N2O3S/c1-4-16-13(2)25-12-17(16)19(23)20-8-9-21(18(22)11-20)14-6-5-7-15(10-14)24-3/h5-7,10,12H,4,8-9,11H2,1-3H3. The van der Waals surface area contributed by atoms with Crippen molar-refractivity contribution in [2.45, 2.75) is 20.3 Å². The molecule has 0 aliphatic carbocycles. The van der Waals surface area contributed by atoms with E-state index in [1.807, 2.05) is 36.6 Å². The molecule has 2 aromatic rings. The van der Waals surface area contributed by atoms with Crippen molar-refractivity contribution in [3.05, 3.63) is 45.6 Å². The Morgan fingerprint density at radius 2 is 2.12 bits per heavy atom. The number of nitrogens with zero attached hydrogens (tertiary/aromatic N) is 2. The fourth-order valence-corrected chi connectivity index (χ4v) is 4.10. The third-order valence-electron chi connectivity index (χ3n) is 4.56. The number of thiophene rings is 1. The zero-order valence-corrected chi connectivity index (χ0v) is 15.6. The quantitative estimate of drug-likeness (QED) is 0.844. The number of carbonyl (C=O) groups excluding carboxylic acids is 2. The molecule has 25 heavy (non-hydrogen) atoms. The fraction of sp³-hybridized carbons (Fsp3) is 0.368. The molecule has 1 fully saturated rings. The lowest BCUT2D eigenvalue weighted by Crippen LogP contribution is -2.52. The van der Waals surface area contributed by atoms with Gasteiger partial charge in [-0.15, -0.1) is 11.3 Å². The summed E-state index contributed by atoms with van der Waals surface area (Å²) in [6, 6.07) is 7.43. The Labute approximate surface area is 151 Å². The zero-order valence-electron chi connectivity index (χ0n) is 14.7. The van der Waals surface area contributed by atoms with E-state index in [0.717, 1.165) is 23.2 Å². The van der Waals surface area contributed by atoms with Crippen LogP contribution in [0, 0.1) is 6.92 Å². The summed E-state index contributed by atoms with van der Waals surface area (Å²) in [5, 5.41) is 1.91. The Hall–Kier alpha value is -2.34. The molecule has 0 spiro atoms. The van der Waals surface area contributed by atoms with Crippen molar-refractivity contribution >= 4 is 28.8 Å². The molecule has 0 saturated carbocycles. The number of carbonyl (C=O) groups is 2. The number of rotatable bonds is 4. The molecule has 1 aliphatic heterocycles. The summed E-state index contributed by atoms with van der Waals surface area (Å²) in [4.78, 5) is 30.0. The summed E-state index contributed by atoms with van der Waals surface area (Å²) in [5.74, 6) is 0.600. The third kappa shape index (κ3) is 3.39. The summed E-state index contributed by atoms with van der Waals surface area (Å²) < 4.78 is 5.22. The van der Waals surface area contributed by atoms with Crippen molar-refractivity contribution in [1.29, 1.82) is 0 Å². The van der Waals surface area contributed by atoms with Crippen LogP contribution in [0.15, 0.2) is 29.6 Å². The first-order valence-corrected chi connectivity index (χ1v) is 9.23. The predicted octanol–water partition coefficient (Wildman–Crippen LogP) is 3.12. The van der Waals surface area contributed by atoms with Crippen LogP contribution in [0.1, 0.15) is 27.7 Å². The molecule has 5 nitrogen and oxygen atoms in total. The first-order chi connectivity index (χ1) is 12.0. The van der Waals surface area contributed by atoms with E-state index in [-0.39, 0.29) is 18.4 Å². The Balaban J connectivity index is 1.75. The highest BCUT2D eigenvalue weighted by atomic mass is 32.1. The number of amides is 2. The maximum atomic E-state index is 12.8. The Kier molecular flexibility index (Phi) is 5.08. The summed E-state index contributed by atoms with van der Waals surface area (Å²) in [6.07, 6.45) is 0.828. The summed E-state index contributed by atoms with van der Waals surface area (Å²) in [7, 11) is 1.60. The van der Waals surface area contributed by atoms with Crippen LogP contribution >= 0.6 is 11.3 Å². The van der Waals surface area contributed by atoms with E-state index in [2.05, 4.69) is 6.92 Å². The predicted molar refractivity (Wildman–Crippen MR) is 99.7 cm³/mol. The van der Waals surface area contributed by atoms with Crippen LogP contribution in [-0.2, 0) is 11.2 Å². The van der Waals surface area contributed by atoms with Crippen LogP contribution in [0.3, 0.4) is 0 Å². The second-order valence-electron chi connectivity index (χ2n) is 6.01. The molecule has 2 amide bonds. The summed E-state index contributed by atoms with van der Waals surface area (Å²) in [6.45, 7) is 5.21. The number of hydrogen-bond donors (Lipinski definition) is 0. The Bertz CT molecular complexity index is 800. The first-order valence-electron chi connectivity index (χ1n) is 8.35. The van der Waals surface area contributed by atoms with Gasteiger partial charge in [0.15, 0.2) is 0 Å². The van der Waals surface area contributed by atoms with Gasteiger partial charge in [-0.05, 0) is 31.0 Å². The molecule has 0 atom stereocenters. The van der Waals surface area contributed by atoms with Crippen LogP contribution in [0.25, 0.3) is 0 Å². The van der Waals surface area contributed by atoms with E-state index < -0.39 is 0 Å². The van der Waals surface area contributed by atoms with Gasteiger partial charge in [0.25, 0.3) is 5.91 Å². The maximum Gasteiger partial charge on any atom is 0.255 e. The van der Waals surface area contributed by atoms with Gasteiger partial charge in [-0.2, -0.15) is 0 Å². The fourth-order valence-electron chi connectivity index (χ4n) is 3.17. The van der Waals surface area contributed by atoms with Gasteiger partial charge in [0.2, 0.25) is 5.91 Å². The minimum atomic E-state index is -0.0714. The first kappa shape index (κ1) is 17.5. The lowest BCUT2D eigenvalue weighted by Gasteiger charge is -2.34. The van der Waals surface area contributed by atoms with Gasteiger partial charge in [-0.3, -0.25) is 9.59 Å². The van der Waals surface area contributed by atoms with Gasteiger partial charge in [-0.1, -0.05) is 13.0 Å². The Morgan fingerprint density at radius 3 is 2.80 bits per heavy atom. The number of methoxy groups -OCH3 is 1. The molecule has 0 unspecified atom stereocenters. The van der Waals surface area contributed by atoms with Gasteiger partial charge in [0.1, 0.15) is 12.3 Å². The lowest BCUT2D eigenvalue weighted by molar-refractivity contribution is -0.120. The van der Waals surface area contributed by atoms with Crippen molar-refractivity contribution < 1.29 is 14.3 Å². The number of ether oxygens (including phenoxy) is 1. The molecule has 2 heterocycles. The molecule has 0 N–H and O–H groups in total. The van der Waals surface area contributed by atoms with Crippen molar-refractivity contribution in [2.75, 3.05) is 31.6 Å². The van der Waals surface area contributed by atoms with Gasteiger partial charge in [0, 0.05) is 35.1 Å². The molecule has 0 bridgehead atoms. The molecule has 0 radical (unpaired) electrons. The number of aryl methyl sites for hydroxylation is 1. The molecule has 1 aliphatic rings. The third-order valence-corrected chi connectivity index (χ3v) is 5.51. The number of benzene rings is 1. The molecule has 6 heteroatoms. The normalized spacial score (nSPS) is 14.8. The summed E-state index contributed by atoms with van der Waals surface area (Å²) in [5.41, 5.74) is 2.64. The maximum absolute atomic E-state index is 12.8. The summed E-state index contributed by atoms with van der Waals surface area (Å²) >= 11 is 1.59. The molecular formula is C19H22N2O3S. The zero-order chi connectivity index (χ0) is 18.0. The lowest BCUT2D eigenvalue weighted by atomic mass is 10.1. The van der Waals surface area contributed by atoms with Gasteiger partial charge in [0.05, 0.1) is 12.7 Å². The average Bonchev–Trinajstić information content (AvgIpc) is 3.01. The smallest absolute Gasteiger partial charge is 0.255 e. The number of piperazine rings is 1. The van der Waals surface area contributed by atoms with Crippen LogP contribution in [0.4, 0.5) is 5.69 Å². The molecule has 1 aromatic heterocycles. The van der Waals surface area contributed by atoms with Crippen molar-refractivity contribution in [3.8, 4) is 5.75 Å². The van der Waals surface area contributed by atoms with Crippen LogP contribution in [0.5, 0.6) is 5.75 Å². The minimum absolute atomic E-state index is 0.0418. The van der Waals surface area contributed by atoms with Gasteiger partial charge >= 0.3 is 0 Å². The van der Waals surface area contributed by atoms with E-state index in [0.29, 0.717) is 18.8 Å². The monoisotopic (exact) mass is 358 g/mol. The van der Waals surface area contributed by atoms with Crippen molar-refractivity contribution in [1.82, 2.24) is 4.90 Å². The highest BCUT2D eigenvalue weighted by Crippen LogP contribution is 2.26. The van der Waals surface area contributed by atoms with Gasteiger partial charge in [-0.25, -0.2) is 0 Å². The van der Waals surface area contributed by atoms with E-state index in [1.54, 1.807) is 28.2 Å². The van der Waals surface area contributed by atoms with Crippen molar-refractivity contribution in [2.24, 2.45) is 0 Å². The van der Waals surface area contributed by atoms with E-state index >= 15 is 0 Å². The van der Waals surface area contributed by atoms with E-state index in [9.17, 15) is 9.59 Å². The highest BCUT2D eigenvalue weighted by molar-refractivity contribution is 7.10. The molecule has 3 rings (SSSR count). The highest BCUT2D eigenvalue weighted by Gasteiger charge is 2.30. The van der Waals surface area contributed by atoms with Crippen molar-refractivity contribution in [3.63, 3.8) is 0 Å². The molecule has 1 aromatic carbocycles. The van der Waals surface area contributed by atoms with Crippen LogP contribution in [0.2, 0.25) is 0 Å². The topological polar surface area (TPSA) is 49.9 Å². The largest absolute Gasteiger partial charge is 0.497 e. The molecular weight excluding hydrogens is 336 g/mol. The average molecular weight is 358 g/mol. The Morgan fingerprint density at radius 1 is 1.32 bits per heavy atom. The number of hydrogen-bond acceptors (Lipinski definition) is 4. The SMILES string of the molecule is CCc1c(C(=O)N2CCN(c3cccc(OC)c3)C(=O)C2)csc1C.